The number of phenolic OH excluding ortho intramolecular Hbond substituents is 1. The smallest absolute Gasteiger partial charge is 0.172 e. The number of hydrogen-bond acceptors (Lipinski definition) is 5. The van der Waals surface area contributed by atoms with E-state index in [1.165, 1.54) is 16.3 Å². The zero-order valence-electron chi connectivity index (χ0n) is 18.9. The van der Waals surface area contributed by atoms with Crippen LogP contribution in [0.25, 0.3) is 27.7 Å². The van der Waals surface area contributed by atoms with Crippen molar-refractivity contribution in [3.63, 3.8) is 0 Å². The second-order valence-electron chi connectivity index (χ2n) is 8.43. The third kappa shape index (κ3) is 4.62. The van der Waals surface area contributed by atoms with Crippen LogP contribution in [0.1, 0.15) is 12.0 Å². The fourth-order valence-electron chi connectivity index (χ4n) is 4.26. The van der Waals surface area contributed by atoms with Gasteiger partial charge in [-0.25, -0.2) is 4.98 Å². The number of aromatic nitrogens is 3. The first-order valence-corrected chi connectivity index (χ1v) is 12.1. The fraction of sp³-hybridized carbons (Fsp3) is 0.185. The zero-order chi connectivity index (χ0) is 23.5. The first-order chi connectivity index (χ1) is 16.6. The third-order valence-corrected chi connectivity index (χ3v) is 6.51. The summed E-state index contributed by atoms with van der Waals surface area (Å²) >= 11 is 3.53. The Bertz CT molecular complexity index is 1440. The molecule has 2 N–H and O–H groups in total. The molecule has 5 aromatic rings. The van der Waals surface area contributed by atoms with Crippen molar-refractivity contribution < 1.29 is 5.11 Å². The van der Waals surface area contributed by atoms with Crippen molar-refractivity contribution in [2.24, 2.45) is 0 Å². The SMILES string of the molecule is CN(CCCNc1cc(-c2ccccc2O)nc2c(Br)cnn12)Cc1cccc2ccccc12. The van der Waals surface area contributed by atoms with Gasteiger partial charge in [0.2, 0.25) is 0 Å². The molecule has 7 heteroatoms. The topological polar surface area (TPSA) is 65.7 Å². The van der Waals surface area contributed by atoms with Crippen LogP contribution in [0.3, 0.4) is 0 Å². The summed E-state index contributed by atoms with van der Waals surface area (Å²) in [6, 6.07) is 24.2. The minimum absolute atomic E-state index is 0.205. The van der Waals surface area contributed by atoms with Crippen LogP contribution in [0.5, 0.6) is 5.75 Å². The Balaban J connectivity index is 1.26. The molecule has 0 atom stereocenters. The second kappa shape index (κ2) is 9.83. The number of nitrogens with zero attached hydrogens (tertiary/aromatic N) is 4. The predicted molar refractivity (Wildman–Crippen MR) is 141 cm³/mol. The number of anilines is 1. The molecule has 0 fully saturated rings. The number of fused-ring (bicyclic) bond motifs is 2. The van der Waals surface area contributed by atoms with E-state index in [4.69, 9.17) is 4.98 Å². The van der Waals surface area contributed by atoms with E-state index in [-0.39, 0.29) is 5.75 Å². The number of halogens is 1. The van der Waals surface area contributed by atoms with Crippen molar-refractivity contribution in [1.29, 1.82) is 0 Å². The maximum absolute atomic E-state index is 10.3. The summed E-state index contributed by atoms with van der Waals surface area (Å²) in [6.07, 6.45) is 2.71. The van der Waals surface area contributed by atoms with Crippen molar-refractivity contribution in [1.82, 2.24) is 19.5 Å². The normalized spacial score (nSPS) is 11.5. The first-order valence-electron chi connectivity index (χ1n) is 11.3. The maximum Gasteiger partial charge on any atom is 0.172 e. The van der Waals surface area contributed by atoms with Crippen LogP contribution in [0, 0.1) is 0 Å². The number of aromatic hydroxyl groups is 1. The second-order valence-corrected chi connectivity index (χ2v) is 9.28. The lowest BCUT2D eigenvalue weighted by Gasteiger charge is -2.18. The molecule has 0 unspecified atom stereocenters. The highest BCUT2D eigenvalue weighted by molar-refractivity contribution is 9.10. The molecular formula is C27H26BrN5O. The molecular weight excluding hydrogens is 490 g/mol. The Morgan fingerprint density at radius 2 is 1.82 bits per heavy atom. The molecule has 0 aliphatic rings. The number of phenols is 1. The minimum atomic E-state index is 0.205. The van der Waals surface area contributed by atoms with Crippen molar-refractivity contribution in [3.05, 3.63) is 89.0 Å². The van der Waals surface area contributed by atoms with Crippen LogP contribution in [-0.2, 0) is 6.54 Å². The van der Waals surface area contributed by atoms with E-state index in [1.807, 2.05) is 18.2 Å². The molecule has 0 saturated heterocycles. The van der Waals surface area contributed by atoms with E-state index in [0.717, 1.165) is 36.3 Å². The highest BCUT2D eigenvalue weighted by Gasteiger charge is 2.13. The molecule has 5 rings (SSSR count). The minimum Gasteiger partial charge on any atom is -0.507 e. The molecule has 0 amide bonds. The van der Waals surface area contributed by atoms with Crippen LogP contribution in [-0.4, -0.2) is 44.7 Å². The van der Waals surface area contributed by atoms with E-state index >= 15 is 0 Å². The van der Waals surface area contributed by atoms with Crippen LogP contribution >= 0.6 is 15.9 Å². The molecule has 0 bridgehead atoms. The van der Waals surface area contributed by atoms with Crippen molar-refractivity contribution in [2.45, 2.75) is 13.0 Å². The molecule has 0 spiro atoms. The lowest BCUT2D eigenvalue weighted by molar-refractivity contribution is 0.326. The molecule has 3 aromatic carbocycles. The van der Waals surface area contributed by atoms with E-state index in [0.29, 0.717) is 16.9 Å². The van der Waals surface area contributed by atoms with Gasteiger partial charge in [0.15, 0.2) is 5.65 Å². The molecule has 2 aromatic heterocycles. The summed E-state index contributed by atoms with van der Waals surface area (Å²) in [5.41, 5.74) is 3.44. The first kappa shape index (κ1) is 22.4. The lowest BCUT2D eigenvalue weighted by Crippen LogP contribution is -2.21. The average Bonchev–Trinajstić information content (AvgIpc) is 3.23. The van der Waals surface area contributed by atoms with Crippen LogP contribution < -0.4 is 5.32 Å². The molecule has 0 radical (unpaired) electrons. The monoisotopic (exact) mass is 515 g/mol. The number of benzene rings is 3. The van der Waals surface area contributed by atoms with Gasteiger partial charge in [-0.2, -0.15) is 9.61 Å². The Morgan fingerprint density at radius 1 is 1.03 bits per heavy atom. The number of para-hydroxylation sites is 1. The molecule has 0 aliphatic heterocycles. The molecule has 34 heavy (non-hydrogen) atoms. The predicted octanol–water partition coefficient (Wildman–Crippen LogP) is 5.95. The van der Waals surface area contributed by atoms with Crippen LogP contribution in [0.4, 0.5) is 5.82 Å². The Hall–Kier alpha value is -3.42. The van der Waals surface area contributed by atoms with Gasteiger partial charge in [0, 0.05) is 24.7 Å². The lowest BCUT2D eigenvalue weighted by atomic mass is 10.0. The van der Waals surface area contributed by atoms with Gasteiger partial charge in [-0.1, -0.05) is 54.6 Å². The standard InChI is InChI=1S/C27H26BrN5O/c1-32(18-20-10-6-9-19-8-2-3-11-21(19)20)15-7-14-29-26-16-24(22-12-4-5-13-25(22)34)31-27-23(28)17-30-33(26)27/h2-6,8-13,16-17,29,34H,7,14-15,18H2,1H3. The summed E-state index contributed by atoms with van der Waals surface area (Å²) in [5.74, 6) is 1.04. The molecule has 0 aliphatic carbocycles. The summed E-state index contributed by atoms with van der Waals surface area (Å²) in [4.78, 5) is 7.05. The third-order valence-electron chi connectivity index (χ3n) is 5.95. The largest absolute Gasteiger partial charge is 0.507 e. The summed E-state index contributed by atoms with van der Waals surface area (Å²) in [5, 5.41) is 20.9. The van der Waals surface area contributed by atoms with Gasteiger partial charge in [0.1, 0.15) is 11.6 Å². The number of rotatable bonds is 8. The molecule has 172 valence electrons. The zero-order valence-corrected chi connectivity index (χ0v) is 20.5. The van der Waals surface area contributed by atoms with E-state index in [9.17, 15) is 5.11 Å². The quantitative estimate of drug-likeness (QED) is 0.250. The van der Waals surface area contributed by atoms with Gasteiger partial charge in [0.25, 0.3) is 0 Å². The average molecular weight is 516 g/mol. The fourth-order valence-corrected chi connectivity index (χ4v) is 4.60. The van der Waals surface area contributed by atoms with Crippen LogP contribution in [0.15, 0.2) is 83.5 Å². The van der Waals surface area contributed by atoms with Gasteiger partial charge < -0.3 is 15.3 Å². The highest BCUT2D eigenvalue weighted by Crippen LogP contribution is 2.31. The maximum atomic E-state index is 10.3. The van der Waals surface area contributed by atoms with Gasteiger partial charge in [-0.05, 0) is 64.4 Å². The van der Waals surface area contributed by atoms with Gasteiger partial charge >= 0.3 is 0 Å². The van der Waals surface area contributed by atoms with Gasteiger partial charge in [-0.15, -0.1) is 0 Å². The Kier molecular flexibility index (Phi) is 6.47. The molecule has 6 nitrogen and oxygen atoms in total. The van der Waals surface area contributed by atoms with E-state index in [2.05, 4.69) is 80.8 Å². The summed E-state index contributed by atoms with van der Waals surface area (Å²) in [6.45, 7) is 2.65. The summed E-state index contributed by atoms with van der Waals surface area (Å²) < 4.78 is 2.59. The van der Waals surface area contributed by atoms with Crippen molar-refractivity contribution >= 4 is 38.2 Å². The van der Waals surface area contributed by atoms with E-state index in [1.54, 1.807) is 22.8 Å². The number of hydrogen-bond donors (Lipinski definition) is 2. The van der Waals surface area contributed by atoms with Gasteiger partial charge in [0.05, 0.1) is 16.4 Å². The molecule has 2 heterocycles. The van der Waals surface area contributed by atoms with Crippen LogP contribution in [0.2, 0.25) is 0 Å². The van der Waals surface area contributed by atoms with Gasteiger partial charge in [-0.3, -0.25) is 0 Å². The highest BCUT2D eigenvalue weighted by atomic mass is 79.9. The molecule has 0 saturated carbocycles. The Morgan fingerprint density at radius 3 is 2.71 bits per heavy atom. The van der Waals surface area contributed by atoms with Crippen molar-refractivity contribution in [2.75, 3.05) is 25.5 Å². The Labute approximate surface area is 207 Å². The summed E-state index contributed by atoms with van der Waals surface area (Å²) in [7, 11) is 2.16. The van der Waals surface area contributed by atoms with E-state index < -0.39 is 0 Å². The number of nitrogens with one attached hydrogen (secondary N) is 1. The van der Waals surface area contributed by atoms with Crippen molar-refractivity contribution in [3.8, 4) is 17.0 Å².